The van der Waals surface area contributed by atoms with Crippen molar-refractivity contribution >= 4 is 71.3 Å². The zero-order valence-electron chi connectivity index (χ0n) is 31.1. The minimum absolute atomic E-state index is 0.536. The predicted molar refractivity (Wildman–Crippen MR) is 238 cm³/mol. The molecule has 1 aliphatic carbocycles. The minimum atomic E-state index is -0.536. The molecule has 0 atom stereocenters. The van der Waals surface area contributed by atoms with Gasteiger partial charge in [-0.1, -0.05) is 188 Å². The summed E-state index contributed by atoms with van der Waals surface area (Å²) in [6.07, 6.45) is 0. The third-order valence-corrected chi connectivity index (χ3v) is 12.3. The number of hydrogen-bond acceptors (Lipinski definition) is 2. The quantitative estimate of drug-likeness (QED) is 0.164. The molecule has 0 spiro atoms. The van der Waals surface area contributed by atoms with Gasteiger partial charge in [0.2, 0.25) is 0 Å². The zero-order chi connectivity index (χ0) is 37.5. The molecule has 1 aliphatic rings. The van der Waals surface area contributed by atoms with E-state index >= 15 is 0 Å². The van der Waals surface area contributed by atoms with Crippen LogP contribution < -0.4 is 4.90 Å². The molecule has 0 saturated heterocycles. The van der Waals surface area contributed by atoms with Crippen LogP contribution in [0.2, 0.25) is 0 Å². The van der Waals surface area contributed by atoms with E-state index in [2.05, 4.69) is 217 Å². The summed E-state index contributed by atoms with van der Waals surface area (Å²) in [5, 5.41) is 9.31. The average Bonchev–Trinajstić information content (AvgIpc) is 3.83. The molecule has 57 heavy (non-hydrogen) atoms. The first-order valence-corrected chi connectivity index (χ1v) is 19.7. The number of benzene rings is 10. The maximum atomic E-state index is 7.15. The molecule has 10 aromatic carbocycles. The molecule has 0 aliphatic heterocycles. The van der Waals surface area contributed by atoms with Gasteiger partial charge in [-0.15, -0.1) is 0 Å². The lowest BCUT2D eigenvalue weighted by atomic mass is 9.68. The van der Waals surface area contributed by atoms with Gasteiger partial charge in [-0.25, -0.2) is 0 Å². The summed E-state index contributed by atoms with van der Waals surface area (Å²) in [6, 6.07) is 77.5. The first-order chi connectivity index (χ1) is 28.3. The molecule has 0 fully saturated rings. The van der Waals surface area contributed by atoms with Crippen molar-refractivity contribution in [2.24, 2.45) is 0 Å². The lowest BCUT2D eigenvalue weighted by molar-refractivity contribution is 0.673. The molecule has 12 rings (SSSR count). The van der Waals surface area contributed by atoms with Crippen molar-refractivity contribution in [2.45, 2.75) is 5.41 Å². The number of fused-ring (bicyclic) bond motifs is 11. The van der Waals surface area contributed by atoms with E-state index in [1.165, 1.54) is 60.3 Å². The van der Waals surface area contributed by atoms with Crippen molar-refractivity contribution in [3.05, 3.63) is 235 Å². The van der Waals surface area contributed by atoms with E-state index in [0.717, 1.165) is 44.4 Å². The fourth-order valence-corrected chi connectivity index (χ4v) is 9.96. The molecule has 0 radical (unpaired) electrons. The summed E-state index contributed by atoms with van der Waals surface area (Å²) in [7, 11) is 0. The Hall–Kier alpha value is -7.42. The fourth-order valence-electron chi connectivity index (χ4n) is 9.96. The number of furan rings is 1. The Balaban J connectivity index is 1.25. The van der Waals surface area contributed by atoms with Gasteiger partial charge in [-0.2, -0.15) is 0 Å². The highest BCUT2D eigenvalue weighted by molar-refractivity contribution is 6.20. The van der Waals surface area contributed by atoms with Crippen molar-refractivity contribution < 1.29 is 4.42 Å². The van der Waals surface area contributed by atoms with Gasteiger partial charge in [0.25, 0.3) is 0 Å². The van der Waals surface area contributed by atoms with Crippen LogP contribution in [0.5, 0.6) is 0 Å². The largest absolute Gasteiger partial charge is 0.453 e. The number of hydrogen-bond donors (Lipinski definition) is 0. The first-order valence-electron chi connectivity index (χ1n) is 19.7. The second kappa shape index (κ2) is 12.3. The molecule has 0 amide bonds. The SMILES string of the molecule is c1ccc(C2(c3ccccc3)c3ccccc3-c3c(N(c4cc5ccccc5c5ccccc45)c4cccc5c4oc4c6ccccc6ccc54)cccc32)cc1. The summed E-state index contributed by atoms with van der Waals surface area (Å²) in [4.78, 5) is 2.49. The molecular formula is C55H35NO. The van der Waals surface area contributed by atoms with Crippen LogP contribution in [0.3, 0.4) is 0 Å². The molecular weight excluding hydrogens is 691 g/mol. The summed E-state index contributed by atoms with van der Waals surface area (Å²) < 4.78 is 7.15. The van der Waals surface area contributed by atoms with E-state index in [1.54, 1.807) is 0 Å². The summed E-state index contributed by atoms with van der Waals surface area (Å²) in [6.45, 7) is 0. The highest BCUT2D eigenvalue weighted by Gasteiger charge is 2.47. The summed E-state index contributed by atoms with van der Waals surface area (Å²) in [5.41, 5.74) is 11.9. The highest BCUT2D eigenvalue weighted by Crippen LogP contribution is 2.60. The van der Waals surface area contributed by atoms with Gasteiger partial charge in [0.1, 0.15) is 5.58 Å². The van der Waals surface area contributed by atoms with Crippen LogP contribution >= 0.6 is 0 Å². The highest BCUT2D eigenvalue weighted by atomic mass is 16.3. The maximum absolute atomic E-state index is 7.15. The van der Waals surface area contributed by atoms with Gasteiger partial charge in [0.15, 0.2) is 5.58 Å². The Bertz CT molecular complexity index is 3320. The molecule has 2 heteroatoms. The van der Waals surface area contributed by atoms with Crippen LogP contribution in [0, 0.1) is 0 Å². The molecule has 1 aromatic heterocycles. The minimum Gasteiger partial charge on any atom is -0.453 e. The van der Waals surface area contributed by atoms with Crippen molar-refractivity contribution in [2.75, 3.05) is 4.90 Å². The number of anilines is 3. The second-order valence-electron chi connectivity index (χ2n) is 15.1. The van der Waals surface area contributed by atoms with E-state index in [-0.39, 0.29) is 0 Å². The van der Waals surface area contributed by atoms with Gasteiger partial charge in [0, 0.05) is 27.1 Å². The Morgan fingerprint density at radius 2 is 0.895 bits per heavy atom. The van der Waals surface area contributed by atoms with Crippen molar-refractivity contribution in [3.63, 3.8) is 0 Å². The van der Waals surface area contributed by atoms with Crippen molar-refractivity contribution in [3.8, 4) is 11.1 Å². The van der Waals surface area contributed by atoms with Gasteiger partial charge >= 0.3 is 0 Å². The summed E-state index contributed by atoms with van der Waals surface area (Å²) in [5.74, 6) is 0. The topological polar surface area (TPSA) is 16.4 Å². The molecule has 266 valence electrons. The lowest BCUT2D eigenvalue weighted by Crippen LogP contribution is -2.28. The Morgan fingerprint density at radius 3 is 1.68 bits per heavy atom. The molecule has 0 unspecified atom stereocenters. The van der Waals surface area contributed by atoms with Crippen LogP contribution in [-0.2, 0) is 5.41 Å². The number of para-hydroxylation sites is 1. The van der Waals surface area contributed by atoms with E-state index in [1.807, 2.05) is 0 Å². The fraction of sp³-hybridized carbons (Fsp3) is 0.0182. The van der Waals surface area contributed by atoms with E-state index < -0.39 is 5.41 Å². The Labute approximate surface area is 330 Å². The van der Waals surface area contributed by atoms with Crippen LogP contribution in [0.4, 0.5) is 17.1 Å². The maximum Gasteiger partial charge on any atom is 0.159 e. The van der Waals surface area contributed by atoms with Crippen LogP contribution in [0.1, 0.15) is 22.3 Å². The van der Waals surface area contributed by atoms with Gasteiger partial charge in [-0.3, -0.25) is 0 Å². The molecule has 1 heterocycles. The first kappa shape index (κ1) is 31.9. The summed E-state index contributed by atoms with van der Waals surface area (Å²) >= 11 is 0. The molecule has 0 N–H and O–H groups in total. The normalized spacial score (nSPS) is 13.1. The van der Waals surface area contributed by atoms with Crippen LogP contribution in [-0.4, -0.2) is 0 Å². The Kier molecular flexibility index (Phi) is 6.88. The lowest BCUT2D eigenvalue weighted by Gasteiger charge is -2.34. The van der Waals surface area contributed by atoms with Crippen LogP contribution in [0.25, 0.3) is 65.4 Å². The molecule has 0 bridgehead atoms. The number of nitrogens with zero attached hydrogens (tertiary/aromatic N) is 1. The third kappa shape index (κ3) is 4.47. The van der Waals surface area contributed by atoms with E-state index in [0.29, 0.717) is 0 Å². The van der Waals surface area contributed by atoms with Crippen molar-refractivity contribution in [1.82, 2.24) is 0 Å². The molecule has 0 saturated carbocycles. The van der Waals surface area contributed by atoms with Gasteiger partial charge in [-0.05, 0) is 73.6 Å². The smallest absolute Gasteiger partial charge is 0.159 e. The monoisotopic (exact) mass is 725 g/mol. The van der Waals surface area contributed by atoms with E-state index in [9.17, 15) is 0 Å². The average molecular weight is 726 g/mol. The van der Waals surface area contributed by atoms with Gasteiger partial charge in [0.05, 0.1) is 22.5 Å². The zero-order valence-corrected chi connectivity index (χ0v) is 31.1. The third-order valence-electron chi connectivity index (χ3n) is 12.3. The van der Waals surface area contributed by atoms with Crippen molar-refractivity contribution in [1.29, 1.82) is 0 Å². The molecule has 2 nitrogen and oxygen atoms in total. The second-order valence-corrected chi connectivity index (χ2v) is 15.1. The van der Waals surface area contributed by atoms with Crippen LogP contribution in [0.15, 0.2) is 217 Å². The predicted octanol–water partition coefficient (Wildman–Crippen LogP) is 14.9. The standard InChI is InChI=1S/C55H35NO/c1-3-19-38(20-4-1)55(39-21-5-2-6-22-39)47-29-14-13-27-46(47)52-48(55)30-16-31-49(52)56(51-35-37-18-8-9-23-40(37)42-25-11-12-26-43(42)51)50-32-15-28-44-45-34-33-36-17-7-10-24-41(36)53(45)57-54(44)50/h1-35H. The molecule has 11 aromatic rings. The van der Waals surface area contributed by atoms with Gasteiger partial charge < -0.3 is 9.32 Å². The Morgan fingerprint density at radius 1 is 0.333 bits per heavy atom. The van der Waals surface area contributed by atoms with E-state index in [4.69, 9.17) is 4.42 Å². The number of rotatable bonds is 5.